The first-order chi connectivity index (χ1) is 8.03. The highest BCUT2D eigenvalue weighted by molar-refractivity contribution is 5.21. The van der Waals surface area contributed by atoms with Gasteiger partial charge in [0.05, 0.1) is 0 Å². The van der Waals surface area contributed by atoms with Crippen molar-refractivity contribution in [2.45, 2.75) is 25.6 Å². The van der Waals surface area contributed by atoms with Gasteiger partial charge in [-0.25, -0.2) is 0 Å². The minimum atomic E-state index is -2.60. The van der Waals surface area contributed by atoms with Crippen molar-refractivity contribution in [3.05, 3.63) is 50.6 Å². The van der Waals surface area contributed by atoms with E-state index >= 15 is 0 Å². The molecule has 1 aromatic rings. The van der Waals surface area contributed by atoms with Crippen LogP contribution in [-0.2, 0) is 0 Å². The van der Waals surface area contributed by atoms with Gasteiger partial charge in [0.1, 0.15) is 22.0 Å². The van der Waals surface area contributed by atoms with Crippen LogP contribution in [0.15, 0.2) is 30.3 Å². The summed E-state index contributed by atoms with van der Waals surface area (Å²) in [6, 6.07) is 7.75. The van der Waals surface area contributed by atoms with Gasteiger partial charge in [-0.15, -0.1) is 0 Å². The van der Waals surface area contributed by atoms with E-state index in [1.165, 1.54) is 12.1 Å². The van der Waals surface area contributed by atoms with Crippen LogP contribution in [0.5, 0.6) is 5.75 Å². The summed E-state index contributed by atoms with van der Waals surface area (Å²) in [5.41, 5.74) is 0. The zero-order valence-corrected chi connectivity index (χ0v) is 9.24. The average Bonchev–Trinajstić information content (AvgIpc) is 2.29. The van der Waals surface area contributed by atoms with E-state index in [0.29, 0.717) is 0 Å². The van der Waals surface area contributed by atoms with E-state index in [0.717, 1.165) is 0 Å². The van der Waals surface area contributed by atoms with E-state index in [1.54, 1.807) is 25.1 Å². The zero-order chi connectivity index (χ0) is 12.9. The SMILES string of the molecule is CCCC(Oc1ccccc1)([N+](=O)[O-])[N+](=O)[O-]. The fraction of sp³-hybridized carbons (Fsp3) is 0.400. The number of hydrogen-bond acceptors (Lipinski definition) is 5. The predicted molar refractivity (Wildman–Crippen MR) is 58.7 cm³/mol. The van der Waals surface area contributed by atoms with Crippen molar-refractivity contribution in [1.29, 1.82) is 0 Å². The number of hydrogen-bond donors (Lipinski definition) is 0. The van der Waals surface area contributed by atoms with Crippen LogP contribution >= 0.6 is 0 Å². The number of nitrogens with zero attached hydrogens (tertiary/aromatic N) is 2. The normalized spacial score (nSPS) is 10.9. The van der Waals surface area contributed by atoms with Gasteiger partial charge in [0.25, 0.3) is 0 Å². The molecule has 0 saturated carbocycles. The molecule has 7 nitrogen and oxygen atoms in total. The maximum atomic E-state index is 10.9. The molecule has 7 heteroatoms. The van der Waals surface area contributed by atoms with Gasteiger partial charge >= 0.3 is 5.85 Å². The van der Waals surface area contributed by atoms with Gasteiger partial charge in [-0.1, -0.05) is 25.1 Å². The second kappa shape index (κ2) is 5.24. The van der Waals surface area contributed by atoms with Crippen LogP contribution in [0.25, 0.3) is 0 Å². The maximum absolute atomic E-state index is 10.9. The molecule has 0 atom stereocenters. The van der Waals surface area contributed by atoms with E-state index in [4.69, 9.17) is 4.74 Å². The Morgan fingerprint density at radius 2 is 1.71 bits per heavy atom. The van der Waals surface area contributed by atoms with Crippen molar-refractivity contribution in [1.82, 2.24) is 0 Å². The number of ether oxygens (including phenoxy) is 1. The second-order valence-electron chi connectivity index (χ2n) is 3.42. The lowest BCUT2D eigenvalue weighted by molar-refractivity contribution is -0.840. The molecule has 0 amide bonds. The first kappa shape index (κ1) is 12.9. The highest BCUT2D eigenvalue weighted by Gasteiger charge is 2.59. The van der Waals surface area contributed by atoms with E-state index in [2.05, 4.69) is 0 Å². The monoisotopic (exact) mass is 240 g/mol. The lowest BCUT2D eigenvalue weighted by Gasteiger charge is -2.16. The Morgan fingerprint density at radius 1 is 1.18 bits per heavy atom. The molecular weight excluding hydrogens is 228 g/mol. The zero-order valence-electron chi connectivity index (χ0n) is 9.24. The van der Waals surface area contributed by atoms with Crippen LogP contribution < -0.4 is 4.74 Å². The van der Waals surface area contributed by atoms with Crippen LogP contribution in [0.4, 0.5) is 0 Å². The Kier molecular flexibility index (Phi) is 3.97. The molecule has 0 radical (unpaired) electrons. The minimum Gasteiger partial charge on any atom is -0.371 e. The van der Waals surface area contributed by atoms with Crippen molar-refractivity contribution in [3.63, 3.8) is 0 Å². The first-order valence-electron chi connectivity index (χ1n) is 5.06. The van der Waals surface area contributed by atoms with Crippen molar-refractivity contribution < 1.29 is 14.6 Å². The highest BCUT2D eigenvalue weighted by Crippen LogP contribution is 2.24. The van der Waals surface area contributed by atoms with Gasteiger partial charge in [-0.3, -0.25) is 20.2 Å². The lowest BCUT2D eigenvalue weighted by atomic mass is 10.2. The van der Waals surface area contributed by atoms with Crippen LogP contribution in [0.3, 0.4) is 0 Å². The van der Waals surface area contributed by atoms with E-state index in [9.17, 15) is 20.2 Å². The third kappa shape index (κ3) is 2.68. The topological polar surface area (TPSA) is 95.5 Å². The summed E-state index contributed by atoms with van der Waals surface area (Å²) in [7, 11) is 0. The first-order valence-corrected chi connectivity index (χ1v) is 5.06. The molecule has 0 heterocycles. The maximum Gasteiger partial charge on any atom is 0.619 e. The average molecular weight is 240 g/mol. The molecule has 0 aromatic heterocycles. The summed E-state index contributed by atoms with van der Waals surface area (Å²) in [6.07, 6.45) is -0.0172. The van der Waals surface area contributed by atoms with Crippen LogP contribution in [0, 0.1) is 20.2 Å². The number of nitro groups is 2. The van der Waals surface area contributed by atoms with E-state index in [-0.39, 0.29) is 18.6 Å². The quantitative estimate of drug-likeness (QED) is 0.431. The lowest BCUT2D eigenvalue weighted by Crippen LogP contribution is -2.51. The Morgan fingerprint density at radius 3 is 2.12 bits per heavy atom. The summed E-state index contributed by atoms with van der Waals surface area (Å²) >= 11 is 0. The van der Waals surface area contributed by atoms with Crippen LogP contribution in [-0.4, -0.2) is 15.7 Å². The summed E-state index contributed by atoms with van der Waals surface area (Å²) in [5, 5.41) is 21.8. The molecular formula is C10H12N2O5. The molecule has 0 N–H and O–H groups in total. The molecule has 0 unspecified atom stereocenters. The molecule has 0 spiro atoms. The number of benzene rings is 1. The molecule has 0 aliphatic carbocycles. The van der Waals surface area contributed by atoms with Gasteiger partial charge < -0.3 is 4.74 Å². The van der Waals surface area contributed by atoms with Crippen molar-refractivity contribution in [2.75, 3.05) is 0 Å². The molecule has 0 aliphatic rings. The second-order valence-corrected chi connectivity index (χ2v) is 3.42. The summed E-state index contributed by atoms with van der Waals surface area (Å²) in [5.74, 6) is -2.50. The molecule has 0 fully saturated rings. The Balaban J connectivity index is 3.06. The third-order valence-corrected chi connectivity index (χ3v) is 2.17. The fourth-order valence-corrected chi connectivity index (χ4v) is 1.38. The van der Waals surface area contributed by atoms with E-state index in [1.807, 2.05) is 0 Å². The van der Waals surface area contributed by atoms with Gasteiger partial charge in [-0.2, -0.15) is 0 Å². The van der Waals surface area contributed by atoms with Gasteiger partial charge in [-0.05, 0) is 18.6 Å². The molecule has 1 rings (SSSR count). The smallest absolute Gasteiger partial charge is 0.371 e. The standard InChI is InChI=1S/C10H12N2O5/c1-2-8-10(11(13)14,12(15)16)17-9-6-4-3-5-7-9/h3-7H,2,8H2,1H3. The largest absolute Gasteiger partial charge is 0.619 e. The number of rotatable bonds is 6. The highest BCUT2D eigenvalue weighted by atomic mass is 16.8. The van der Waals surface area contributed by atoms with Crippen LogP contribution in [0.1, 0.15) is 19.8 Å². The van der Waals surface area contributed by atoms with Crippen LogP contribution in [0.2, 0.25) is 0 Å². The van der Waals surface area contributed by atoms with Crippen molar-refractivity contribution >= 4 is 0 Å². The van der Waals surface area contributed by atoms with Crippen molar-refractivity contribution in [2.24, 2.45) is 0 Å². The predicted octanol–water partition coefficient (Wildman–Crippen LogP) is 2.07. The summed E-state index contributed by atoms with van der Waals surface area (Å²) in [6.45, 7) is 1.62. The number of para-hydroxylation sites is 1. The summed E-state index contributed by atoms with van der Waals surface area (Å²) in [4.78, 5) is 19.8. The molecule has 17 heavy (non-hydrogen) atoms. The Labute approximate surface area is 97.3 Å². The molecule has 0 bridgehead atoms. The van der Waals surface area contributed by atoms with Gasteiger partial charge in [0.2, 0.25) is 0 Å². The molecule has 92 valence electrons. The van der Waals surface area contributed by atoms with E-state index < -0.39 is 15.7 Å². The Hall–Kier alpha value is -2.18. The summed E-state index contributed by atoms with van der Waals surface area (Å²) < 4.78 is 4.97. The molecule has 0 aliphatic heterocycles. The Bertz CT molecular complexity index is 392. The molecule has 0 saturated heterocycles. The van der Waals surface area contributed by atoms with Gasteiger partial charge in [0.15, 0.2) is 0 Å². The molecule has 1 aromatic carbocycles. The minimum absolute atomic E-state index is 0.106. The van der Waals surface area contributed by atoms with Crippen molar-refractivity contribution in [3.8, 4) is 5.75 Å². The van der Waals surface area contributed by atoms with Gasteiger partial charge in [0, 0.05) is 0 Å². The fourth-order valence-electron chi connectivity index (χ4n) is 1.38. The third-order valence-electron chi connectivity index (χ3n) is 2.17.